The molecule has 228 valence electrons. The number of hydrogen-bond acceptors (Lipinski definition) is 10. The number of amides is 1. The summed E-state index contributed by atoms with van der Waals surface area (Å²) in [5.41, 5.74) is 6.59. The second-order valence-corrected chi connectivity index (χ2v) is 11.5. The Kier molecular flexibility index (Phi) is 7.35. The van der Waals surface area contributed by atoms with Gasteiger partial charge in [-0.1, -0.05) is 13.0 Å². The number of halogens is 3. The lowest BCUT2D eigenvalue weighted by Crippen LogP contribution is -2.53. The van der Waals surface area contributed by atoms with Crippen LogP contribution < -0.4 is 10.5 Å². The van der Waals surface area contributed by atoms with E-state index in [0.717, 1.165) is 23.6 Å². The van der Waals surface area contributed by atoms with Crippen LogP contribution in [0.15, 0.2) is 43.1 Å². The summed E-state index contributed by atoms with van der Waals surface area (Å²) in [5.74, 6) is -5.84. The summed E-state index contributed by atoms with van der Waals surface area (Å²) in [6.45, 7) is -0.829. The highest BCUT2D eigenvalue weighted by atomic mass is 19.3. The zero-order chi connectivity index (χ0) is 31.6. The Morgan fingerprint density at radius 1 is 1.23 bits per heavy atom. The molecule has 2 unspecified atom stereocenters. The van der Waals surface area contributed by atoms with Crippen molar-refractivity contribution in [2.45, 2.75) is 56.6 Å². The van der Waals surface area contributed by atoms with Crippen molar-refractivity contribution in [3.63, 3.8) is 0 Å². The van der Waals surface area contributed by atoms with Crippen LogP contribution in [0, 0.1) is 11.2 Å². The van der Waals surface area contributed by atoms with Gasteiger partial charge >= 0.3 is 6.61 Å². The molecule has 2 aliphatic carbocycles. The van der Waals surface area contributed by atoms with Crippen molar-refractivity contribution in [3.8, 4) is 17.0 Å². The molecule has 1 aromatic carbocycles. The maximum absolute atomic E-state index is 15.0. The van der Waals surface area contributed by atoms with Gasteiger partial charge in [-0.25, -0.2) is 23.9 Å². The Bertz CT molecular complexity index is 1730. The second kappa shape index (κ2) is 10.8. The highest BCUT2D eigenvalue weighted by Gasteiger charge is 2.51. The molecule has 0 spiro atoms. The summed E-state index contributed by atoms with van der Waals surface area (Å²) in [6, 6.07) is 3.22. The molecule has 5 N–H and O–H groups in total. The van der Waals surface area contributed by atoms with Crippen LogP contribution in [0.3, 0.4) is 0 Å². The Labute approximate surface area is 249 Å². The molecule has 2 atom stereocenters. The summed E-state index contributed by atoms with van der Waals surface area (Å²) < 4.78 is 47.4. The minimum absolute atomic E-state index is 0.0133. The fourth-order valence-corrected chi connectivity index (χ4v) is 6.41. The van der Waals surface area contributed by atoms with Crippen molar-refractivity contribution in [1.82, 2.24) is 29.5 Å². The Balaban J connectivity index is 0.000000374. The zero-order valence-corrected chi connectivity index (χ0v) is 23.3. The molecule has 7 rings (SSSR count). The van der Waals surface area contributed by atoms with Crippen LogP contribution in [0.4, 0.5) is 13.2 Å². The second-order valence-electron chi connectivity index (χ2n) is 11.5. The van der Waals surface area contributed by atoms with Gasteiger partial charge in [-0.05, 0) is 36.8 Å². The molecule has 1 aliphatic heterocycles. The number of carbonyl (C=O) groups is 1. The number of carbonyl (C=O) groups excluding carboxylic acids is 1. The lowest BCUT2D eigenvalue weighted by Gasteiger charge is -2.41. The van der Waals surface area contributed by atoms with Gasteiger partial charge in [0.2, 0.25) is 0 Å². The van der Waals surface area contributed by atoms with E-state index in [1.54, 1.807) is 0 Å². The number of aromatic nitrogens is 5. The summed E-state index contributed by atoms with van der Waals surface area (Å²) in [7, 11) is 5.55. The number of aliphatic hydroxyl groups excluding tert-OH is 1. The van der Waals surface area contributed by atoms with Gasteiger partial charge in [-0.15, -0.1) is 0 Å². The monoisotopic (exact) mass is 609 g/mol. The number of nitrogens with zero attached hydrogens (tertiary/aromatic N) is 6. The van der Waals surface area contributed by atoms with Gasteiger partial charge in [0, 0.05) is 53.2 Å². The number of rotatable bonds is 5. The maximum Gasteiger partial charge on any atom is 0.387 e. The summed E-state index contributed by atoms with van der Waals surface area (Å²) >= 11 is 0. The first-order chi connectivity index (χ1) is 20.8. The Hall–Kier alpha value is -4.12. The van der Waals surface area contributed by atoms with Gasteiger partial charge in [0.15, 0.2) is 25.1 Å². The standard InChI is InChI=1S/C22H14BF3N6O4.C6H13NO/c23-22(34,35)32-13-4-11(15-10(20(32)33)2-1-3-14(15)36-21(25)26)16-18(13)30-31-7-12(24)17(29-19(16)31)9-5-27-8-28-6-9;1-6(4-8)2-5(7)3-6/h1-3,5-8,11,13,21,34-35H,4H2;5,8H,2-4,7H2,1H3. The first-order valence-electron chi connectivity index (χ1n) is 13.7. The van der Waals surface area contributed by atoms with Crippen molar-refractivity contribution in [3.05, 3.63) is 71.3 Å². The predicted octanol–water partition coefficient (Wildman–Crippen LogP) is 1.83. The van der Waals surface area contributed by atoms with Crippen molar-refractivity contribution in [1.29, 1.82) is 0 Å². The molecule has 44 heavy (non-hydrogen) atoms. The molecule has 4 aromatic rings. The molecule has 1 saturated carbocycles. The van der Waals surface area contributed by atoms with Crippen LogP contribution in [0.1, 0.15) is 65.3 Å². The Morgan fingerprint density at radius 2 is 1.93 bits per heavy atom. The van der Waals surface area contributed by atoms with Crippen LogP contribution in [0.2, 0.25) is 0 Å². The fraction of sp³-hybridized carbons (Fsp3) is 0.393. The average molecular weight is 609 g/mol. The lowest BCUT2D eigenvalue weighted by atomic mass is 9.68. The van der Waals surface area contributed by atoms with E-state index in [-0.39, 0.29) is 51.3 Å². The van der Waals surface area contributed by atoms with Crippen LogP contribution >= 0.6 is 0 Å². The van der Waals surface area contributed by atoms with Crippen LogP contribution in [-0.2, 0) is 0 Å². The van der Waals surface area contributed by atoms with E-state index in [4.69, 9.17) is 23.4 Å². The van der Waals surface area contributed by atoms with Gasteiger partial charge in [-0.2, -0.15) is 13.9 Å². The van der Waals surface area contributed by atoms with Crippen molar-refractivity contribution in [2.75, 3.05) is 6.61 Å². The van der Waals surface area contributed by atoms with E-state index in [1.807, 2.05) is 0 Å². The average Bonchev–Trinajstić information content (AvgIpc) is 3.44. The minimum Gasteiger partial charge on any atom is -0.434 e. The fourth-order valence-electron chi connectivity index (χ4n) is 6.41. The summed E-state index contributed by atoms with van der Waals surface area (Å²) in [5, 5.41) is 33.7. The number of nitrogens with two attached hydrogens (primary N) is 1. The quantitative estimate of drug-likeness (QED) is 0.193. The molecule has 3 aromatic heterocycles. The Morgan fingerprint density at radius 3 is 2.52 bits per heavy atom. The maximum atomic E-state index is 15.0. The molecular weight excluding hydrogens is 582 g/mol. The van der Waals surface area contributed by atoms with Gasteiger partial charge < -0.3 is 25.8 Å². The molecule has 4 heterocycles. The highest BCUT2D eigenvalue weighted by molar-refractivity contribution is 6.15. The molecule has 12 nitrogen and oxygen atoms in total. The summed E-state index contributed by atoms with van der Waals surface area (Å²) in [6.07, 6.45) is 7.08. The third kappa shape index (κ3) is 5.06. The summed E-state index contributed by atoms with van der Waals surface area (Å²) in [4.78, 5) is 26.2. The minimum atomic E-state index is -3.19. The van der Waals surface area contributed by atoms with Crippen LogP contribution in [-0.4, -0.2) is 83.6 Å². The first-order valence-corrected chi connectivity index (χ1v) is 13.7. The predicted molar refractivity (Wildman–Crippen MR) is 148 cm³/mol. The van der Waals surface area contributed by atoms with Gasteiger partial charge in [0.1, 0.15) is 17.8 Å². The number of benzene rings is 1. The van der Waals surface area contributed by atoms with E-state index in [9.17, 15) is 28.2 Å². The number of hydrogen-bond donors (Lipinski definition) is 4. The molecule has 2 bridgehead atoms. The smallest absolute Gasteiger partial charge is 0.387 e. The largest absolute Gasteiger partial charge is 0.434 e. The zero-order valence-electron chi connectivity index (χ0n) is 23.3. The van der Waals surface area contributed by atoms with Gasteiger partial charge in [0.05, 0.1) is 17.9 Å². The van der Waals surface area contributed by atoms with Crippen molar-refractivity contribution in [2.24, 2.45) is 11.1 Å². The topological polar surface area (TPSA) is 172 Å². The van der Waals surface area contributed by atoms with Crippen molar-refractivity contribution < 1.29 is 38.0 Å². The third-order valence-electron chi connectivity index (χ3n) is 8.22. The normalized spacial score (nSPS) is 23.9. The SMILES string of the molecule is CC1(CO)CC(N)C1.[B]C(O)(O)N1C(=O)c2cccc(OC(F)F)c2C2CC1c1nn3cc(F)c(-c4cncnc4)nc3c12. The van der Waals surface area contributed by atoms with E-state index >= 15 is 0 Å². The van der Waals surface area contributed by atoms with Gasteiger partial charge in [-0.3, -0.25) is 9.69 Å². The number of aliphatic hydroxyl groups is 3. The van der Waals surface area contributed by atoms with E-state index in [1.165, 1.54) is 36.9 Å². The van der Waals surface area contributed by atoms with E-state index in [0.29, 0.717) is 23.1 Å². The van der Waals surface area contributed by atoms with E-state index < -0.39 is 36.1 Å². The van der Waals surface area contributed by atoms with E-state index in [2.05, 4.69) is 27.0 Å². The molecule has 3 aliphatic rings. The third-order valence-corrected chi connectivity index (χ3v) is 8.22. The molecule has 2 radical (unpaired) electrons. The van der Waals surface area contributed by atoms with Crippen molar-refractivity contribution >= 4 is 19.4 Å². The first kappa shape index (κ1) is 29.9. The number of fused-ring (bicyclic) bond motifs is 9. The van der Waals surface area contributed by atoms with Gasteiger partial charge in [0.25, 0.3) is 5.91 Å². The molecule has 16 heteroatoms. The van der Waals surface area contributed by atoms with Crippen LogP contribution in [0.25, 0.3) is 16.9 Å². The highest BCUT2D eigenvalue weighted by Crippen LogP contribution is 2.54. The molecule has 0 saturated heterocycles. The number of ether oxygens (including phenoxy) is 1. The molecule has 1 fully saturated rings. The lowest BCUT2D eigenvalue weighted by molar-refractivity contribution is -0.190. The van der Waals surface area contributed by atoms with Crippen LogP contribution in [0.5, 0.6) is 5.75 Å². The molecular formula is C28H27BF3N7O5. The number of alkyl halides is 2. The molecule has 1 amide bonds.